The molecule has 2 nitrogen and oxygen atoms in total. The van der Waals surface area contributed by atoms with Crippen LogP contribution in [0.1, 0.15) is 13.3 Å². The van der Waals surface area contributed by atoms with Gasteiger partial charge in [-0.25, -0.2) is 0 Å². The van der Waals surface area contributed by atoms with E-state index in [1.807, 2.05) is 6.92 Å². The molecular weight excluding hydrogens is 206 g/mol. The van der Waals surface area contributed by atoms with E-state index in [4.69, 9.17) is 0 Å². The van der Waals surface area contributed by atoms with Crippen LogP contribution in [0.25, 0.3) is 0 Å². The van der Waals surface area contributed by atoms with Gasteiger partial charge in [0.2, 0.25) is 5.91 Å². The number of rotatable bonds is 4. The fourth-order valence-corrected chi connectivity index (χ4v) is 1.05. The van der Waals surface area contributed by atoms with Crippen LogP contribution < -0.4 is 0 Å². The molecule has 1 unspecified atom stereocenters. The number of alkyl halides is 1. The van der Waals surface area contributed by atoms with E-state index in [2.05, 4.69) is 22.5 Å². The van der Waals surface area contributed by atoms with Crippen LogP contribution in [0.5, 0.6) is 0 Å². The second-order valence-electron chi connectivity index (χ2n) is 2.38. The number of halogens is 1. The molecule has 0 heterocycles. The fourth-order valence-electron chi connectivity index (χ4n) is 0.697. The van der Waals surface area contributed by atoms with Crippen molar-refractivity contribution in [1.29, 1.82) is 0 Å². The normalized spacial score (nSPS) is 12.3. The molecule has 0 aliphatic carbocycles. The Morgan fingerprint density at radius 2 is 2.36 bits per heavy atom. The number of likely N-dealkylation sites (N-methyl/N-ethyl adjacent to an activating group) is 1. The molecule has 0 aromatic carbocycles. The summed E-state index contributed by atoms with van der Waals surface area (Å²) in [4.78, 5) is 12.9. The molecule has 0 aliphatic rings. The van der Waals surface area contributed by atoms with Gasteiger partial charge in [-0.1, -0.05) is 28.9 Å². The number of hydrogen-bond acceptors (Lipinski definition) is 1. The van der Waals surface area contributed by atoms with Crippen molar-refractivity contribution in [3.05, 3.63) is 12.7 Å². The minimum Gasteiger partial charge on any atom is -0.341 e. The molecule has 3 heteroatoms. The molecule has 11 heavy (non-hydrogen) atoms. The van der Waals surface area contributed by atoms with Crippen LogP contribution in [0.15, 0.2) is 12.7 Å². The highest BCUT2D eigenvalue weighted by atomic mass is 79.9. The molecule has 0 bridgehead atoms. The van der Waals surface area contributed by atoms with Crippen molar-refractivity contribution < 1.29 is 4.79 Å². The molecule has 0 aromatic heterocycles. The van der Waals surface area contributed by atoms with Gasteiger partial charge in [-0.15, -0.1) is 6.58 Å². The maximum absolute atomic E-state index is 11.3. The van der Waals surface area contributed by atoms with Crippen molar-refractivity contribution in [3.8, 4) is 0 Å². The molecule has 0 saturated carbocycles. The van der Waals surface area contributed by atoms with Crippen LogP contribution in [-0.4, -0.2) is 29.2 Å². The van der Waals surface area contributed by atoms with E-state index >= 15 is 0 Å². The smallest absolute Gasteiger partial charge is 0.236 e. The maximum atomic E-state index is 11.3. The van der Waals surface area contributed by atoms with Gasteiger partial charge in [-0.3, -0.25) is 4.79 Å². The van der Waals surface area contributed by atoms with E-state index in [0.717, 1.165) is 6.42 Å². The van der Waals surface area contributed by atoms with Gasteiger partial charge in [0.15, 0.2) is 0 Å². The van der Waals surface area contributed by atoms with Crippen LogP contribution in [0.4, 0.5) is 0 Å². The highest BCUT2D eigenvalue weighted by molar-refractivity contribution is 9.10. The van der Waals surface area contributed by atoms with Crippen molar-refractivity contribution in [1.82, 2.24) is 4.90 Å². The number of amides is 1. The highest BCUT2D eigenvalue weighted by Gasteiger charge is 2.15. The third-order valence-corrected chi connectivity index (χ3v) is 2.44. The molecule has 1 atom stereocenters. The summed E-state index contributed by atoms with van der Waals surface area (Å²) in [6.07, 6.45) is 2.54. The monoisotopic (exact) mass is 219 g/mol. The molecule has 0 fully saturated rings. The van der Waals surface area contributed by atoms with Crippen LogP contribution in [-0.2, 0) is 4.79 Å². The van der Waals surface area contributed by atoms with E-state index in [-0.39, 0.29) is 10.7 Å². The molecular formula is C8H14BrNO. The average Bonchev–Trinajstić information content (AvgIpc) is 2.02. The standard InChI is InChI=1S/C8H14BrNO/c1-4-6-10(3)8(11)7(9)5-2/h4,7H,1,5-6H2,2-3H3. The molecule has 0 aliphatic heterocycles. The average molecular weight is 220 g/mol. The first-order chi connectivity index (χ1) is 5.13. The van der Waals surface area contributed by atoms with Crippen LogP contribution in [0.2, 0.25) is 0 Å². The summed E-state index contributed by atoms with van der Waals surface area (Å²) in [5.41, 5.74) is 0. The summed E-state index contributed by atoms with van der Waals surface area (Å²) in [5.74, 6) is 0.118. The number of carbonyl (C=O) groups excluding carboxylic acids is 1. The molecule has 0 N–H and O–H groups in total. The summed E-state index contributed by atoms with van der Waals surface area (Å²) in [5, 5.41) is 0. The Hall–Kier alpha value is -0.310. The topological polar surface area (TPSA) is 20.3 Å². The highest BCUT2D eigenvalue weighted by Crippen LogP contribution is 2.07. The van der Waals surface area contributed by atoms with Crippen LogP contribution >= 0.6 is 15.9 Å². The predicted octanol–water partition coefficient (Wildman–Crippen LogP) is 1.80. The van der Waals surface area contributed by atoms with Crippen LogP contribution in [0, 0.1) is 0 Å². The van der Waals surface area contributed by atoms with Crippen molar-refractivity contribution in [2.24, 2.45) is 0 Å². The first kappa shape index (κ1) is 10.7. The van der Waals surface area contributed by atoms with Gasteiger partial charge in [0.25, 0.3) is 0 Å². The third-order valence-electron chi connectivity index (χ3n) is 1.41. The lowest BCUT2D eigenvalue weighted by molar-refractivity contribution is -0.128. The Labute approximate surface area is 76.4 Å². The van der Waals surface area contributed by atoms with Crippen molar-refractivity contribution >= 4 is 21.8 Å². The van der Waals surface area contributed by atoms with Gasteiger partial charge >= 0.3 is 0 Å². The Bertz CT molecular complexity index is 147. The quantitative estimate of drug-likeness (QED) is 0.522. The fraction of sp³-hybridized carbons (Fsp3) is 0.625. The number of hydrogen-bond donors (Lipinski definition) is 0. The van der Waals surface area contributed by atoms with E-state index in [1.165, 1.54) is 0 Å². The predicted molar refractivity (Wildman–Crippen MR) is 50.8 cm³/mol. The first-order valence-corrected chi connectivity index (χ1v) is 4.55. The van der Waals surface area contributed by atoms with Crippen molar-refractivity contribution in [3.63, 3.8) is 0 Å². The van der Waals surface area contributed by atoms with Crippen molar-refractivity contribution in [2.75, 3.05) is 13.6 Å². The van der Waals surface area contributed by atoms with Gasteiger partial charge in [-0.2, -0.15) is 0 Å². The molecule has 64 valence electrons. The van der Waals surface area contributed by atoms with Crippen LogP contribution in [0.3, 0.4) is 0 Å². The largest absolute Gasteiger partial charge is 0.341 e. The maximum Gasteiger partial charge on any atom is 0.236 e. The molecule has 1 amide bonds. The van der Waals surface area contributed by atoms with E-state index in [0.29, 0.717) is 6.54 Å². The SMILES string of the molecule is C=CCN(C)C(=O)C(Br)CC. The van der Waals surface area contributed by atoms with E-state index < -0.39 is 0 Å². The van der Waals surface area contributed by atoms with Gasteiger partial charge in [-0.05, 0) is 6.42 Å². The zero-order valence-corrected chi connectivity index (χ0v) is 8.60. The molecule has 0 rings (SSSR count). The molecule has 0 radical (unpaired) electrons. The molecule has 0 spiro atoms. The van der Waals surface area contributed by atoms with Gasteiger partial charge in [0.1, 0.15) is 0 Å². The number of nitrogens with zero attached hydrogens (tertiary/aromatic N) is 1. The number of carbonyl (C=O) groups is 1. The Kier molecular flexibility index (Phi) is 5.20. The van der Waals surface area contributed by atoms with Gasteiger partial charge in [0.05, 0.1) is 4.83 Å². The summed E-state index contributed by atoms with van der Waals surface area (Å²) >= 11 is 3.29. The summed E-state index contributed by atoms with van der Waals surface area (Å²) in [6, 6.07) is 0. The minimum atomic E-state index is -0.0487. The molecule has 0 aromatic rings. The zero-order valence-electron chi connectivity index (χ0n) is 7.01. The summed E-state index contributed by atoms with van der Waals surface area (Å²) in [6.45, 7) is 6.14. The minimum absolute atomic E-state index is 0.0487. The Morgan fingerprint density at radius 1 is 1.82 bits per heavy atom. The Balaban J connectivity index is 3.90. The lowest BCUT2D eigenvalue weighted by atomic mass is 10.3. The third kappa shape index (κ3) is 3.56. The summed E-state index contributed by atoms with van der Waals surface area (Å²) < 4.78 is 0. The van der Waals surface area contributed by atoms with Gasteiger partial charge < -0.3 is 4.90 Å². The lowest BCUT2D eigenvalue weighted by Crippen LogP contribution is -2.32. The van der Waals surface area contributed by atoms with Gasteiger partial charge in [0, 0.05) is 13.6 Å². The first-order valence-electron chi connectivity index (χ1n) is 3.63. The molecule has 0 saturated heterocycles. The van der Waals surface area contributed by atoms with E-state index in [1.54, 1.807) is 18.0 Å². The van der Waals surface area contributed by atoms with Crippen molar-refractivity contribution in [2.45, 2.75) is 18.2 Å². The summed E-state index contributed by atoms with van der Waals surface area (Å²) in [7, 11) is 1.77. The van der Waals surface area contributed by atoms with E-state index in [9.17, 15) is 4.79 Å². The Morgan fingerprint density at radius 3 is 2.73 bits per heavy atom. The zero-order chi connectivity index (χ0) is 8.85. The second kappa shape index (κ2) is 5.35. The second-order valence-corrected chi connectivity index (χ2v) is 3.49. The lowest BCUT2D eigenvalue weighted by Gasteiger charge is -2.17.